The van der Waals surface area contributed by atoms with Gasteiger partial charge < -0.3 is 50.1 Å². The number of nitrogens with one attached hydrogen (secondary N) is 4. The number of aliphatic hydroxyl groups excluding tert-OH is 1. The quantitative estimate of drug-likeness (QED) is 0.141. The van der Waals surface area contributed by atoms with Gasteiger partial charge in [0, 0.05) is 39.4 Å². The van der Waals surface area contributed by atoms with Gasteiger partial charge in [-0.2, -0.15) is 0 Å². The molecule has 0 fully saturated rings. The smallest absolute Gasteiger partial charge is 0.407 e. The average molecular weight is 481 g/mol. The highest BCUT2D eigenvalue weighted by Crippen LogP contribution is 2.00. The van der Waals surface area contributed by atoms with Crippen molar-refractivity contribution in [3.8, 4) is 0 Å². The summed E-state index contributed by atoms with van der Waals surface area (Å²) in [5.41, 5.74) is 0. The van der Waals surface area contributed by atoms with Crippen LogP contribution in [0.4, 0.5) is 19.2 Å². The molecule has 0 aromatic carbocycles. The maximum Gasteiger partial charge on any atom is 0.407 e. The second-order valence-corrected chi connectivity index (χ2v) is 6.27. The zero-order valence-corrected chi connectivity index (χ0v) is 19.2. The molecule has 0 spiro atoms. The molecule has 5 N–H and O–H groups in total. The van der Waals surface area contributed by atoms with Gasteiger partial charge in [-0.3, -0.25) is 0 Å². The van der Waals surface area contributed by atoms with Crippen molar-refractivity contribution in [1.29, 1.82) is 0 Å². The number of hydrogen-bond donors (Lipinski definition) is 5. The average Bonchev–Trinajstić information content (AvgIpc) is 2.78. The van der Waals surface area contributed by atoms with E-state index in [0.29, 0.717) is 12.8 Å². The van der Waals surface area contributed by atoms with Crippen LogP contribution >= 0.6 is 0 Å². The highest BCUT2D eigenvalue weighted by atomic mass is 16.6. The monoisotopic (exact) mass is 480 g/mol. The minimum absolute atomic E-state index is 0.0194. The second-order valence-electron chi connectivity index (χ2n) is 6.27. The molecule has 14 heteroatoms. The molecule has 0 aliphatic carbocycles. The molecule has 0 aliphatic rings. The SMILES string of the molecule is CCOC(=O)NCCNC(=O)OCC(COC(=O)NCCNC(=O)OCC)OCCCCO. The molecule has 0 saturated carbocycles. The van der Waals surface area contributed by atoms with Crippen LogP contribution in [0.15, 0.2) is 0 Å². The summed E-state index contributed by atoms with van der Waals surface area (Å²) in [7, 11) is 0. The van der Waals surface area contributed by atoms with Gasteiger partial charge in [0.2, 0.25) is 0 Å². The van der Waals surface area contributed by atoms with E-state index < -0.39 is 30.5 Å². The zero-order chi connectivity index (χ0) is 24.7. The van der Waals surface area contributed by atoms with Crippen molar-refractivity contribution in [2.24, 2.45) is 0 Å². The number of aliphatic hydroxyl groups is 1. The van der Waals surface area contributed by atoms with Gasteiger partial charge in [-0.15, -0.1) is 0 Å². The topological polar surface area (TPSA) is 183 Å². The van der Waals surface area contributed by atoms with E-state index in [4.69, 9.17) is 19.3 Å². The molecule has 4 amide bonds. The summed E-state index contributed by atoms with van der Waals surface area (Å²) < 4.78 is 25.0. The van der Waals surface area contributed by atoms with Crippen LogP contribution in [0.1, 0.15) is 26.7 Å². The maximum absolute atomic E-state index is 11.8. The van der Waals surface area contributed by atoms with Crippen LogP contribution in [0.25, 0.3) is 0 Å². The number of rotatable bonds is 17. The summed E-state index contributed by atoms with van der Waals surface area (Å²) in [4.78, 5) is 45.8. The molecule has 0 bridgehead atoms. The number of carbonyl (C=O) groups is 4. The van der Waals surface area contributed by atoms with Gasteiger partial charge in [-0.1, -0.05) is 0 Å². The maximum atomic E-state index is 11.8. The van der Waals surface area contributed by atoms with Crippen molar-refractivity contribution in [3.05, 3.63) is 0 Å². The van der Waals surface area contributed by atoms with E-state index in [1.807, 2.05) is 0 Å². The van der Waals surface area contributed by atoms with Crippen LogP contribution in [0.5, 0.6) is 0 Å². The lowest BCUT2D eigenvalue weighted by atomic mass is 10.3. The molecule has 14 nitrogen and oxygen atoms in total. The van der Waals surface area contributed by atoms with Gasteiger partial charge in [-0.25, -0.2) is 19.2 Å². The number of hydrogen-bond acceptors (Lipinski definition) is 10. The lowest BCUT2D eigenvalue weighted by Gasteiger charge is -2.18. The van der Waals surface area contributed by atoms with Crippen molar-refractivity contribution in [2.75, 3.05) is 65.8 Å². The van der Waals surface area contributed by atoms with Gasteiger partial charge in [0.25, 0.3) is 0 Å². The Bertz CT molecular complexity index is 523. The molecule has 0 unspecified atom stereocenters. The molecule has 0 radical (unpaired) electrons. The Balaban J connectivity index is 4.20. The molecule has 0 heterocycles. The van der Waals surface area contributed by atoms with Crippen molar-refractivity contribution in [3.63, 3.8) is 0 Å². The summed E-state index contributed by atoms with van der Waals surface area (Å²) in [6.45, 7) is 4.31. The molecule has 192 valence electrons. The van der Waals surface area contributed by atoms with Crippen LogP contribution < -0.4 is 21.3 Å². The Morgan fingerprint density at radius 1 is 0.667 bits per heavy atom. The normalized spacial score (nSPS) is 10.2. The number of amides is 4. The molecule has 0 aromatic heterocycles. The minimum atomic E-state index is -0.737. The number of ether oxygens (including phenoxy) is 5. The minimum Gasteiger partial charge on any atom is -0.450 e. The number of unbranched alkanes of at least 4 members (excludes halogenated alkanes) is 1. The van der Waals surface area contributed by atoms with Gasteiger partial charge >= 0.3 is 24.4 Å². The molecular weight excluding hydrogens is 444 g/mol. The standard InChI is InChI=1S/C19H36N4O10/c1-3-29-16(25)20-7-9-22-18(27)32-13-15(31-12-6-5-11-24)14-33-19(28)23-10-8-21-17(26)30-4-2/h15,24H,3-14H2,1-2H3,(H,20,25)(H,21,26)(H,22,27)(H,23,28). The van der Waals surface area contributed by atoms with E-state index in [1.165, 1.54) is 0 Å². The van der Waals surface area contributed by atoms with Crippen molar-refractivity contribution in [1.82, 2.24) is 21.3 Å². The van der Waals surface area contributed by atoms with Crippen molar-refractivity contribution < 1.29 is 48.0 Å². The molecule has 0 atom stereocenters. The molecule has 33 heavy (non-hydrogen) atoms. The van der Waals surface area contributed by atoms with E-state index >= 15 is 0 Å². The molecule has 0 saturated heterocycles. The first-order valence-electron chi connectivity index (χ1n) is 10.8. The summed E-state index contributed by atoms with van der Waals surface area (Å²) >= 11 is 0. The molecule has 0 aliphatic heterocycles. The van der Waals surface area contributed by atoms with E-state index in [2.05, 4.69) is 30.7 Å². The fourth-order valence-corrected chi connectivity index (χ4v) is 2.07. The largest absolute Gasteiger partial charge is 0.450 e. The van der Waals surface area contributed by atoms with Crippen LogP contribution in [0.2, 0.25) is 0 Å². The van der Waals surface area contributed by atoms with E-state index in [1.54, 1.807) is 13.8 Å². The van der Waals surface area contributed by atoms with E-state index in [-0.39, 0.29) is 65.8 Å². The lowest BCUT2D eigenvalue weighted by molar-refractivity contribution is -0.0301. The van der Waals surface area contributed by atoms with E-state index in [9.17, 15) is 19.2 Å². The fraction of sp³-hybridized carbons (Fsp3) is 0.789. The zero-order valence-electron chi connectivity index (χ0n) is 19.2. The first-order valence-corrected chi connectivity index (χ1v) is 10.8. The molecular formula is C19H36N4O10. The van der Waals surface area contributed by atoms with Crippen LogP contribution in [0, 0.1) is 0 Å². The summed E-state index contributed by atoms with van der Waals surface area (Å²) in [5, 5.41) is 18.6. The predicted octanol–water partition coefficient (Wildman–Crippen LogP) is 0.0887. The Labute approximate surface area is 193 Å². The Kier molecular flexibility index (Phi) is 19.0. The lowest BCUT2D eigenvalue weighted by Crippen LogP contribution is -2.38. The molecule has 0 aromatic rings. The Morgan fingerprint density at radius 3 is 1.42 bits per heavy atom. The van der Waals surface area contributed by atoms with Gasteiger partial charge in [0.15, 0.2) is 0 Å². The fourth-order valence-electron chi connectivity index (χ4n) is 2.07. The number of carbonyl (C=O) groups excluding carboxylic acids is 4. The highest BCUT2D eigenvalue weighted by Gasteiger charge is 2.15. The molecule has 0 rings (SSSR count). The van der Waals surface area contributed by atoms with Crippen LogP contribution in [0.3, 0.4) is 0 Å². The Hall–Kier alpha value is -3.00. The summed E-state index contributed by atoms with van der Waals surface area (Å²) in [6, 6.07) is 0. The third-order valence-corrected chi connectivity index (χ3v) is 3.58. The van der Waals surface area contributed by atoms with E-state index in [0.717, 1.165) is 0 Å². The van der Waals surface area contributed by atoms with Crippen molar-refractivity contribution >= 4 is 24.4 Å². The Morgan fingerprint density at radius 2 is 1.06 bits per heavy atom. The third kappa shape index (κ3) is 19.4. The van der Waals surface area contributed by atoms with Gasteiger partial charge in [-0.05, 0) is 26.7 Å². The summed E-state index contributed by atoms with van der Waals surface area (Å²) in [6.07, 6.45) is -2.26. The second kappa shape index (κ2) is 20.9. The third-order valence-electron chi connectivity index (χ3n) is 3.58. The first kappa shape index (κ1) is 30.0. The van der Waals surface area contributed by atoms with Crippen molar-refractivity contribution in [2.45, 2.75) is 32.8 Å². The van der Waals surface area contributed by atoms with Crippen LogP contribution in [-0.4, -0.2) is 101 Å². The van der Waals surface area contributed by atoms with Gasteiger partial charge in [0.1, 0.15) is 19.3 Å². The number of alkyl carbamates (subject to hydrolysis) is 4. The predicted molar refractivity (Wildman–Crippen MR) is 115 cm³/mol. The first-order chi connectivity index (χ1) is 15.9. The van der Waals surface area contributed by atoms with Gasteiger partial charge in [0.05, 0.1) is 13.2 Å². The summed E-state index contributed by atoms with van der Waals surface area (Å²) in [5.74, 6) is 0. The van der Waals surface area contributed by atoms with Crippen LogP contribution in [-0.2, 0) is 23.7 Å². The highest BCUT2D eigenvalue weighted by molar-refractivity contribution is 5.69.